The highest BCUT2D eigenvalue weighted by molar-refractivity contribution is 6.32. The van der Waals surface area contributed by atoms with Crippen LogP contribution in [0.1, 0.15) is 70.8 Å². The number of benzene rings is 1. The maximum Gasteiger partial charge on any atom is 0.0809 e. The largest absolute Gasteiger partial charge is 0.393 e. The Kier molecular flexibility index (Phi) is 4.92. The van der Waals surface area contributed by atoms with E-state index >= 15 is 0 Å². The van der Waals surface area contributed by atoms with Gasteiger partial charge in [-0.25, -0.2) is 0 Å². The molecule has 0 bridgehead atoms. The van der Waals surface area contributed by atoms with Gasteiger partial charge >= 0.3 is 0 Å². The second-order valence-corrected chi connectivity index (χ2v) is 11.4. The summed E-state index contributed by atoms with van der Waals surface area (Å²) in [6.07, 6.45) is 10.7. The minimum Gasteiger partial charge on any atom is -0.393 e. The van der Waals surface area contributed by atoms with Crippen LogP contribution in [0.2, 0.25) is 5.02 Å². The van der Waals surface area contributed by atoms with Gasteiger partial charge in [0.05, 0.1) is 12.2 Å². The number of hydrogen-bond acceptors (Lipinski definition) is 2. The third-order valence-electron chi connectivity index (χ3n) is 9.75. The molecule has 3 heteroatoms. The summed E-state index contributed by atoms with van der Waals surface area (Å²) in [7, 11) is 0. The molecule has 0 amide bonds. The van der Waals surface area contributed by atoms with Gasteiger partial charge in [0.25, 0.3) is 0 Å². The Morgan fingerprint density at radius 3 is 2.52 bits per heavy atom. The zero-order chi connectivity index (χ0) is 20.4. The van der Waals surface area contributed by atoms with E-state index in [1.165, 1.54) is 31.3 Å². The SMILES string of the molecule is CC12CCC(O)CC1CCC1C2CCC2(C)C(O)/C(=C/c3ccccc3Cl)CC12. The lowest BCUT2D eigenvalue weighted by molar-refractivity contribution is -0.133. The molecule has 0 heterocycles. The molecule has 4 fully saturated rings. The van der Waals surface area contributed by atoms with Crippen molar-refractivity contribution in [1.29, 1.82) is 0 Å². The van der Waals surface area contributed by atoms with E-state index in [1.807, 2.05) is 18.2 Å². The standard InChI is InChI=1S/C26H35ClO2/c1-25-11-9-19(28)15-18(25)7-8-20-21(25)10-12-26(2)22(20)14-17(24(26)29)13-16-5-3-4-6-23(16)27/h3-6,13,18-22,24,28-29H,7-12,14-15H2,1-2H3/b17-13+. The van der Waals surface area contributed by atoms with Crippen LogP contribution in [0, 0.1) is 34.5 Å². The normalized spacial score (nSPS) is 48.1. The summed E-state index contributed by atoms with van der Waals surface area (Å²) in [6, 6.07) is 7.96. The van der Waals surface area contributed by atoms with Crippen molar-refractivity contribution in [2.24, 2.45) is 34.5 Å². The molecule has 0 spiro atoms. The first-order valence-corrected chi connectivity index (χ1v) is 12.0. The topological polar surface area (TPSA) is 40.5 Å². The van der Waals surface area contributed by atoms with Crippen molar-refractivity contribution in [2.45, 2.75) is 77.4 Å². The van der Waals surface area contributed by atoms with Crippen molar-refractivity contribution in [2.75, 3.05) is 0 Å². The van der Waals surface area contributed by atoms with E-state index in [4.69, 9.17) is 11.6 Å². The van der Waals surface area contributed by atoms with Gasteiger partial charge in [-0.1, -0.05) is 49.7 Å². The van der Waals surface area contributed by atoms with Crippen LogP contribution in [0.4, 0.5) is 0 Å². The lowest BCUT2D eigenvalue weighted by Gasteiger charge is -2.60. The van der Waals surface area contributed by atoms with E-state index in [0.29, 0.717) is 23.2 Å². The fraction of sp³-hybridized carbons (Fsp3) is 0.692. The van der Waals surface area contributed by atoms with Gasteiger partial charge in [-0.15, -0.1) is 0 Å². The number of aliphatic hydroxyl groups is 2. The number of aliphatic hydroxyl groups excluding tert-OH is 2. The van der Waals surface area contributed by atoms with E-state index in [0.717, 1.165) is 42.2 Å². The van der Waals surface area contributed by atoms with Crippen molar-refractivity contribution < 1.29 is 10.2 Å². The third kappa shape index (κ3) is 3.05. The van der Waals surface area contributed by atoms with Crippen molar-refractivity contribution in [3.8, 4) is 0 Å². The van der Waals surface area contributed by atoms with Crippen molar-refractivity contribution in [1.82, 2.24) is 0 Å². The van der Waals surface area contributed by atoms with Gasteiger partial charge in [-0.3, -0.25) is 0 Å². The fourth-order valence-electron chi connectivity index (χ4n) is 8.03. The fourth-order valence-corrected chi connectivity index (χ4v) is 8.22. The molecule has 8 atom stereocenters. The molecule has 0 aliphatic heterocycles. The van der Waals surface area contributed by atoms with Crippen LogP contribution < -0.4 is 0 Å². The molecule has 0 saturated heterocycles. The monoisotopic (exact) mass is 414 g/mol. The minimum absolute atomic E-state index is 0.00830. The summed E-state index contributed by atoms with van der Waals surface area (Å²) in [5.74, 6) is 2.70. The first-order chi connectivity index (χ1) is 13.8. The van der Waals surface area contributed by atoms with E-state index in [-0.39, 0.29) is 17.6 Å². The number of halogens is 1. The van der Waals surface area contributed by atoms with Gasteiger partial charge in [-0.2, -0.15) is 0 Å². The Hall–Kier alpha value is -0.830. The lowest BCUT2D eigenvalue weighted by atomic mass is 9.45. The maximum absolute atomic E-state index is 11.4. The van der Waals surface area contributed by atoms with Gasteiger partial charge in [0.2, 0.25) is 0 Å². The van der Waals surface area contributed by atoms with Gasteiger partial charge in [0.15, 0.2) is 0 Å². The summed E-state index contributed by atoms with van der Waals surface area (Å²) in [5.41, 5.74) is 2.58. The molecule has 29 heavy (non-hydrogen) atoms. The Bertz CT molecular complexity index is 819. The molecule has 2 nitrogen and oxygen atoms in total. The Labute approximate surface area is 180 Å². The molecule has 5 rings (SSSR count). The van der Waals surface area contributed by atoms with Crippen LogP contribution in [0.5, 0.6) is 0 Å². The molecule has 4 aliphatic rings. The predicted octanol–water partition coefficient (Wildman–Crippen LogP) is 6.10. The van der Waals surface area contributed by atoms with Crippen LogP contribution in [-0.2, 0) is 0 Å². The Balaban J connectivity index is 1.45. The maximum atomic E-state index is 11.4. The smallest absolute Gasteiger partial charge is 0.0809 e. The van der Waals surface area contributed by atoms with E-state index in [9.17, 15) is 10.2 Å². The van der Waals surface area contributed by atoms with Crippen LogP contribution in [-0.4, -0.2) is 22.4 Å². The highest BCUT2D eigenvalue weighted by Gasteiger charge is 2.61. The molecule has 158 valence electrons. The highest BCUT2D eigenvalue weighted by atomic mass is 35.5. The van der Waals surface area contributed by atoms with E-state index < -0.39 is 0 Å². The summed E-state index contributed by atoms with van der Waals surface area (Å²) in [6.45, 7) is 4.86. The summed E-state index contributed by atoms with van der Waals surface area (Å²) in [4.78, 5) is 0. The van der Waals surface area contributed by atoms with Gasteiger partial charge in [-0.05, 0) is 97.7 Å². The molecule has 1 aromatic rings. The van der Waals surface area contributed by atoms with Crippen molar-refractivity contribution in [3.63, 3.8) is 0 Å². The summed E-state index contributed by atoms with van der Waals surface area (Å²) >= 11 is 6.41. The summed E-state index contributed by atoms with van der Waals surface area (Å²) < 4.78 is 0. The zero-order valence-electron chi connectivity index (χ0n) is 17.8. The van der Waals surface area contributed by atoms with Crippen molar-refractivity contribution >= 4 is 17.7 Å². The van der Waals surface area contributed by atoms with E-state index in [2.05, 4.69) is 26.0 Å². The molecular formula is C26H35ClO2. The quantitative estimate of drug-likeness (QED) is 0.583. The van der Waals surface area contributed by atoms with E-state index in [1.54, 1.807) is 0 Å². The Morgan fingerprint density at radius 2 is 1.72 bits per heavy atom. The van der Waals surface area contributed by atoms with Crippen molar-refractivity contribution in [3.05, 3.63) is 40.4 Å². The molecule has 4 saturated carbocycles. The van der Waals surface area contributed by atoms with Gasteiger partial charge in [0, 0.05) is 10.4 Å². The summed E-state index contributed by atoms with van der Waals surface area (Å²) in [5, 5.41) is 22.4. The molecule has 1 aromatic carbocycles. The minimum atomic E-state index is -0.358. The average Bonchev–Trinajstić information content (AvgIpc) is 2.95. The molecule has 0 radical (unpaired) electrons. The molecule has 4 aliphatic carbocycles. The second kappa shape index (κ2) is 7.11. The van der Waals surface area contributed by atoms with Gasteiger partial charge in [0.1, 0.15) is 0 Å². The van der Waals surface area contributed by atoms with Crippen LogP contribution >= 0.6 is 11.6 Å². The molecule has 8 unspecified atom stereocenters. The second-order valence-electron chi connectivity index (χ2n) is 11.0. The molecule has 2 N–H and O–H groups in total. The molecule has 0 aromatic heterocycles. The number of fused-ring (bicyclic) bond motifs is 5. The zero-order valence-corrected chi connectivity index (χ0v) is 18.5. The van der Waals surface area contributed by atoms with Crippen LogP contribution in [0.15, 0.2) is 29.8 Å². The number of hydrogen-bond donors (Lipinski definition) is 2. The first kappa shape index (κ1) is 20.1. The molecular weight excluding hydrogens is 380 g/mol. The van der Waals surface area contributed by atoms with Crippen LogP contribution in [0.3, 0.4) is 0 Å². The lowest BCUT2D eigenvalue weighted by Crippen LogP contribution is -2.54. The average molecular weight is 415 g/mol. The Morgan fingerprint density at radius 1 is 0.966 bits per heavy atom. The van der Waals surface area contributed by atoms with Crippen LogP contribution in [0.25, 0.3) is 6.08 Å². The number of rotatable bonds is 1. The first-order valence-electron chi connectivity index (χ1n) is 11.6. The highest BCUT2D eigenvalue weighted by Crippen LogP contribution is 2.67. The third-order valence-corrected chi connectivity index (χ3v) is 10.1. The van der Waals surface area contributed by atoms with Gasteiger partial charge < -0.3 is 10.2 Å². The predicted molar refractivity (Wildman–Crippen MR) is 119 cm³/mol.